The quantitative estimate of drug-likeness (QED) is 0.186. The fraction of sp³-hybridized carbons (Fsp3) is 0. The van der Waals surface area contributed by atoms with Gasteiger partial charge in [0, 0.05) is 33.0 Å². The Morgan fingerprint density at radius 3 is 1.55 bits per heavy atom. The lowest BCUT2D eigenvalue weighted by Crippen LogP contribution is -2.00. The van der Waals surface area contributed by atoms with Gasteiger partial charge in [0.2, 0.25) is 0 Å². The number of nitrogens with zero attached hydrogens (tertiary/aromatic N) is 3. The second-order valence-corrected chi connectivity index (χ2v) is 12.9. The molecule has 8 aromatic carbocycles. The molecule has 0 aliphatic rings. The first kappa shape index (κ1) is 29.0. The molecule has 0 N–H and O–H groups in total. The van der Waals surface area contributed by atoms with Crippen molar-refractivity contribution in [1.82, 2.24) is 15.0 Å². The number of hydrogen-bond donors (Lipinski definition) is 0. The molecule has 4 nitrogen and oxygen atoms in total. The van der Waals surface area contributed by atoms with Crippen molar-refractivity contribution in [2.45, 2.75) is 0 Å². The second-order valence-electron chi connectivity index (χ2n) is 12.9. The molecule has 0 radical (unpaired) electrons. The Hall–Kier alpha value is -6.91. The maximum absolute atomic E-state index is 6.56. The first-order valence-corrected chi connectivity index (χ1v) is 17.1. The SMILES string of the molecule is c1ccc(-c2ccc(-c3nc(-c4ccc5ccccc5c4)nc(-c4cc(-c5ccc6ccccc6c5)c5oc6ccccc6c5c4)n3)cc2)cc1. The van der Waals surface area contributed by atoms with E-state index in [4.69, 9.17) is 19.4 Å². The van der Waals surface area contributed by atoms with Crippen LogP contribution in [0.2, 0.25) is 0 Å². The standard InChI is InChI=1S/C47H29N3O/c1-2-10-30(11-3-1)33-18-22-34(23-19-33)45-48-46(38-25-21-32-13-5-7-15-36(32)27-38)50-47(49-45)39-28-41(37-24-20-31-12-4-6-14-35(31)26-37)44-42(29-39)40-16-8-9-17-43(40)51-44/h1-29H. The van der Waals surface area contributed by atoms with Crippen LogP contribution in [0.15, 0.2) is 180 Å². The number of aromatic nitrogens is 3. The molecule has 0 amide bonds. The summed E-state index contributed by atoms with van der Waals surface area (Å²) < 4.78 is 6.56. The number of furan rings is 1. The Bertz CT molecular complexity index is 2910. The average Bonchev–Trinajstić information content (AvgIpc) is 3.59. The molecule has 0 bridgehead atoms. The van der Waals surface area contributed by atoms with Crippen LogP contribution in [0.4, 0.5) is 0 Å². The van der Waals surface area contributed by atoms with E-state index in [-0.39, 0.29) is 0 Å². The summed E-state index contributed by atoms with van der Waals surface area (Å²) in [5.74, 6) is 1.84. The highest BCUT2D eigenvalue weighted by molar-refractivity contribution is 6.11. The molecule has 0 saturated carbocycles. The molecule has 0 unspecified atom stereocenters. The summed E-state index contributed by atoms with van der Waals surface area (Å²) in [5, 5.41) is 6.74. The summed E-state index contributed by atoms with van der Waals surface area (Å²) in [6, 6.07) is 61.1. The topological polar surface area (TPSA) is 51.8 Å². The average molecular weight is 652 g/mol. The normalized spacial score (nSPS) is 11.5. The van der Waals surface area contributed by atoms with Crippen LogP contribution in [-0.4, -0.2) is 15.0 Å². The predicted molar refractivity (Wildman–Crippen MR) is 209 cm³/mol. The Kier molecular flexibility index (Phi) is 6.78. The summed E-state index contributed by atoms with van der Waals surface area (Å²) in [4.78, 5) is 15.4. The summed E-state index contributed by atoms with van der Waals surface area (Å²) >= 11 is 0. The molecule has 238 valence electrons. The highest BCUT2D eigenvalue weighted by atomic mass is 16.3. The third kappa shape index (κ3) is 5.22. The zero-order chi connectivity index (χ0) is 33.7. The Morgan fingerprint density at radius 2 is 0.824 bits per heavy atom. The molecule has 51 heavy (non-hydrogen) atoms. The maximum Gasteiger partial charge on any atom is 0.164 e. The van der Waals surface area contributed by atoms with Crippen LogP contribution < -0.4 is 0 Å². The third-order valence-corrected chi connectivity index (χ3v) is 9.69. The van der Waals surface area contributed by atoms with E-state index >= 15 is 0 Å². The van der Waals surface area contributed by atoms with Crippen molar-refractivity contribution in [1.29, 1.82) is 0 Å². The van der Waals surface area contributed by atoms with Gasteiger partial charge in [0.1, 0.15) is 11.2 Å². The van der Waals surface area contributed by atoms with E-state index in [1.807, 2.05) is 18.2 Å². The summed E-state index contributed by atoms with van der Waals surface area (Å²) in [7, 11) is 0. The van der Waals surface area contributed by atoms with E-state index in [9.17, 15) is 0 Å². The summed E-state index contributed by atoms with van der Waals surface area (Å²) in [6.45, 7) is 0. The molecule has 2 heterocycles. The van der Waals surface area contributed by atoms with Gasteiger partial charge in [-0.3, -0.25) is 0 Å². The molecule has 0 saturated heterocycles. The van der Waals surface area contributed by atoms with Crippen LogP contribution in [0, 0.1) is 0 Å². The van der Waals surface area contributed by atoms with E-state index < -0.39 is 0 Å². The van der Waals surface area contributed by atoms with Crippen molar-refractivity contribution < 1.29 is 4.42 Å². The molecule has 4 heteroatoms. The minimum atomic E-state index is 0.601. The highest BCUT2D eigenvalue weighted by Crippen LogP contribution is 2.40. The van der Waals surface area contributed by atoms with Crippen molar-refractivity contribution in [2.24, 2.45) is 0 Å². The second kappa shape index (κ2) is 11.9. The van der Waals surface area contributed by atoms with Crippen LogP contribution in [0.5, 0.6) is 0 Å². The number of hydrogen-bond acceptors (Lipinski definition) is 4. The lowest BCUT2D eigenvalue weighted by atomic mass is 9.96. The molecule has 10 rings (SSSR count). The summed E-state index contributed by atoms with van der Waals surface area (Å²) in [5.41, 5.74) is 8.80. The number of fused-ring (bicyclic) bond motifs is 5. The number of rotatable bonds is 5. The van der Waals surface area contributed by atoms with Gasteiger partial charge in [0.25, 0.3) is 0 Å². The van der Waals surface area contributed by atoms with Crippen molar-refractivity contribution in [3.8, 4) is 56.4 Å². The van der Waals surface area contributed by atoms with Crippen molar-refractivity contribution >= 4 is 43.5 Å². The largest absolute Gasteiger partial charge is 0.455 e. The third-order valence-electron chi connectivity index (χ3n) is 9.69. The van der Waals surface area contributed by atoms with E-state index in [0.29, 0.717) is 17.5 Å². The molecular weight excluding hydrogens is 623 g/mol. The van der Waals surface area contributed by atoms with Crippen molar-refractivity contribution in [3.05, 3.63) is 176 Å². The van der Waals surface area contributed by atoms with Gasteiger partial charge in [-0.15, -0.1) is 0 Å². The molecule has 2 aromatic heterocycles. The lowest BCUT2D eigenvalue weighted by molar-refractivity contribution is 0.670. The van der Waals surface area contributed by atoms with Crippen LogP contribution in [0.25, 0.3) is 99.9 Å². The molecule has 0 aliphatic carbocycles. The Labute approximate surface area is 294 Å². The zero-order valence-corrected chi connectivity index (χ0v) is 27.5. The first-order valence-electron chi connectivity index (χ1n) is 17.1. The molecule has 0 aliphatic heterocycles. The molecule has 0 fully saturated rings. The van der Waals surface area contributed by atoms with Crippen LogP contribution in [0.3, 0.4) is 0 Å². The minimum Gasteiger partial charge on any atom is -0.455 e. The van der Waals surface area contributed by atoms with Crippen LogP contribution in [0.1, 0.15) is 0 Å². The van der Waals surface area contributed by atoms with Crippen molar-refractivity contribution in [3.63, 3.8) is 0 Å². The van der Waals surface area contributed by atoms with Gasteiger partial charge in [-0.05, 0) is 68.6 Å². The Balaban J connectivity index is 1.20. The van der Waals surface area contributed by atoms with Gasteiger partial charge < -0.3 is 4.42 Å². The Morgan fingerprint density at radius 1 is 0.314 bits per heavy atom. The van der Waals surface area contributed by atoms with E-state index in [1.165, 1.54) is 21.7 Å². The molecule has 0 atom stereocenters. The van der Waals surface area contributed by atoms with Crippen LogP contribution >= 0.6 is 0 Å². The zero-order valence-electron chi connectivity index (χ0n) is 27.5. The van der Waals surface area contributed by atoms with Gasteiger partial charge in [-0.1, -0.05) is 146 Å². The summed E-state index contributed by atoms with van der Waals surface area (Å²) in [6.07, 6.45) is 0. The van der Waals surface area contributed by atoms with Crippen LogP contribution in [-0.2, 0) is 0 Å². The van der Waals surface area contributed by atoms with E-state index in [1.54, 1.807) is 0 Å². The van der Waals surface area contributed by atoms with Gasteiger partial charge in [-0.25, -0.2) is 15.0 Å². The van der Waals surface area contributed by atoms with Gasteiger partial charge in [0.15, 0.2) is 17.5 Å². The fourth-order valence-corrected chi connectivity index (χ4v) is 7.06. The predicted octanol–water partition coefficient (Wildman–Crippen LogP) is 12.4. The van der Waals surface area contributed by atoms with Crippen molar-refractivity contribution in [2.75, 3.05) is 0 Å². The molecule has 0 spiro atoms. The fourth-order valence-electron chi connectivity index (χ4n) is 7.06. The monoisotopic (exact) mass is 651 g/mol. The minimum absolute atomic E-state index is 0.601. The highest BCUT2D eigenvalue weighted by Gasteiger charge is 2.19. The number of benzene rings is 8. The smallest absolute Gasteiger partial charge is 0.164 e. The lowest BCUT2D eigenvalue weighted by Gasteiger charge is -2.12. The van der Waals surface area contributed by atoms with Gasteiger partial charge >= 0.3 is 0 Å². The van der Waals surface area contributed by atoms with E-state index in [0.717, 1.165) is 60.7 Å². The van der Waals surface area contributed by atoms with Gasteiger partial charge in [-0.2, -0.15) is 0 Å². The number of para-hydroxylation sites is 1. The van der Waals surface area contributed by atoms with Gasteiger partial charge in [0.05, 0.1) is 0 Å². The van der Waals surface area contributed by atoms with E-state index in [2.05, 4.69) is 158 Å². The maximum atomic E-state index is 6.56. The molecular formula is C47H29N3O. The first-order chi connectivity index (χ1) is 25.2. The molecule has 10 aromatic rings.